The molecule has 26 heavy (non-hydrogen) atoms. The van der Waals surface area contributed by atoms with Crippen molar-refractivity contribution in [3.8, 4) is 0 Å². The maximum atomic E-state index is 12.5. The molecule has 1 aliphatic heterocycles. The van der Waals surface area contributed by atoms with Gasteiger partial charge in [0.05, 0.1) is 18.6 Å². The van der Waals surface area contributed by atoms with Crippen molar-refractivity contribution in [1.29, 1.82) is 0 Å². The second-order valence-corrected chi connectivity index (χ2v) is 8.44. The van der Waals surface area contributed by atoms with Crippen LogP contribution in [0.15, 0.2) is 18.7 Å². The fraction of sp³-hybridized carbons (Fsp3) is 0.667. The maximum Gasteiger partial charge on any atom is 0.232 e. The first kappa shape index (κ1) is 17.6. The first-order valence-corrected chi connectivity index (χ1v) is 10.6. The minimum atomic E-state index is 0.273. The molecule has 1 saturated carbocycles. The van der Waals surface area contributed by atoms with Crippen LogP contribution in [-0.4, -0.2) is 59.7 Å². The summed E-state index contributed by atoms with van der Waals surface area (Å²) in [4.78, 5) is 18.6. The van der Waals surface area contributed by atoms with Crippen molar-refractivity contribution in [2.45, 2.75) is 38.1 Å². The van der Waals surface area contributed by atoms with Gasteiger partial charge in [-0.1, -0.05) is 0 Å². The summed E-state index contributed by atoms with van der Waals surface area (Å²) in [6, 6.07) is 0. The van der Waals surface area contributed by atoms with Gasteiger partial charge in [0.1, 0.15) is 5.82 Å². The summed E-state index contributed by atoms with van der Waals surface area (Å²) in [5.41, 5.74) is 0. The van der Waals surface area contributed by atoms with Crippen LogP contribution in [0.2, 0.25) is 0 Å². The van der Waals surface area contributed by atoms with E-state index in [1.165, 1.54) is 12.8 Å². The van der Waals surface area contributed by atoms with Crippen molar-refractivity contribution in [1.82, 2.24) is 29.2 Å². The molecule has 1 amide bonds. The highest BCUT2D eigenvalue weighted by atomic mass is 32.2. The summed E-state index contributed by atoms with van der Waals surface area (Å²) < 4.78 is 4.07. The van der Waals surface area contributed by atoms with Gasteiger partial charge in [-0.15, -0.1) is 10.2 Å². The van der Waals surface area contributed by atoms with Crippen molar-refractivity contribution in [3.63, 3.8) is 0 Å². The molecule has 2 aliphatic rings. The van der Waals surface area contributed by atoms with Crippen LogP contribution in [-0.2, 0) is 18.4 Å². The first-order chi connectivity index (χ1) is 12.7. The largest absolute Gasteiger partial charge is 0.341 e. The number of carbonyl (C=O) groups is 1. The molecule has 1 saturated heterocycles. The molecule has 3 heterocycles. The van der Waals surface area contributed by atoms with Crippen LogP contribution >= 0.6 is 11.8 Å². The van der Waals surface area contributed by atoms with Crippen LogP contribution < -0.4 is 0 Å². The number of carbonyl (C=O) groups excluding carboxylic acids is 1. The van der Waals surface area contributed by atoms with Crippen LogP contribution in [0.4, 0.5) is 0 Å². The molecule has 2 aromatic heterocycles. The third-order valence-electron chi connectivity index (χ3n) is 5.30. The molecule has 1 atom stereocenters. The molecule has 0 radical (unpaired) electrons. The van der Waals surface area contributed by atoms with E-state index < -0.39 is 0 Å². The van der Waals surface area contributed by atoms with Crippen molar-refractivity contribution >= 4 is 17.7 Å². The lowest BCUT2D eigenvalue weighted by Gasteiger charge is -2.32. The Balaban J connectivity index is 1.36. The van der Waals surface area contributed by atoms with Gasteiger partial charge in [-0.25, -0.2) is 4.98 Å². The summed E-state index contributed by atoms with van der Waals surface area (Å²) in [5.74, 6) is 5.09. The minimum Gasteiger partial charge on any atom is -0.341 e. The molecule has 1 aliphatic carbocycles. The molecule has 2 aromatic rings. The lowest BCUT2D eigenvalue weighted by molar-refractivity contribution is -0.129. The number of hydrogen-bond acceptors (Lipinski definition) is 5. The number of rotatable bonds is 7. The Labute approximate surface area is 158 Å². The van der Waals surface area contributed by atoms with Gasteiger partial charge < -0.3 is 14.0 Å². The predicted octanol–water partition coefficient (Wildman–Crippen LogP) is 1.91. The number of likely N-dealkylation sites (tertiary alicyclic amines) is 1. The van der Waals surface area contributed by atoms with E-state index in [0.29, 0.717) is 12.3 Å². The Morgan fingerprint density at radius 3 is 2.96 bits per heavy atom. The smallest absolute Gasteiger partial charge is 0.232 e. The third-order valence-corrected chi connectivity index (χ3v) is 6.46. The van der Waals surface area contributed by atoms with Crippen LogP contribution in [0, 0.1) is 5.92 Å². The Morgan fingerprint density at radius 1 is 1.31 bits per heavy atom. The predicted molar refractivity (Wildman–Crippen MR) is 101 cm³/mol. The summed E-state index contributed by atoms with van der Waals surface area (Å²) in [7, 11) is 2.02. The Kier molecular flexibility index (Phi) is 5.28. The highest BCUT2D eigenvalue weighted by molar-refractivity contribution is 7.99. The topological polar surface area (TPSA) is 68.8 Å². The number of aromatic nitrogens is 5. The average molecular weight is 375 g/mol. The molecule has 0 spiro atoms. The monoisotopic (exact) mass is 374 g/mol. The molecule has 2 fully saturated rings. The lowest BCUT2D eigenvalue weighted by atomic mass is 9.97. The van der Waals surface area contributed by atoms with Gasteiger partial charge in [0, 0.05) is 38.4 Å². The lowest BCUT2D eigenvalue weighted by Crippen LogP contribution is -2.40. The van der Waals surface area contributed by atoms with E-state index in [-0.39, 0.29) is 11.8 Å². The van der Waals surface area contributed by atoms with E-state index in [4.69, 9.17) is 0 Å². The second kappa shape index (κ2) is 7.82. The van der Waals surface area contributed by atoms with E-state index in [2.05, 4.69) is 19.7 Å². The van der Waals surface area contributed by atoms with Gasteiger partial charge in [-0.05, 0) is 37.4 Å². The Hall–Kier alpha value is -1.83. The molecule has 8 heteroatoms. The van der Waals surface area contributed by atoms with E-state index in [0.717, 1.165) is 49.3 Å². The average Bonchev–Trinajstić information content (AvgIpc) is 3.20. The van der Waals surface area contributed by atoms with Crippen molar-refractivity contribution in [2.75, 3.05) is 24.6 Å². The first-order valence-electron chi connectivity index (χ1n) is 9.40. The van der Waals surface area contributed by atoms with Crippen LogP contribution in [0.3, 0.4) is 0 Å². The van der Waals surface area contributed by atoms with E-state index >= 15 is 0 Å². The fourth-order valence-electron chi connectivity index (χ4n) is 3.52. The fourth-order valence-corrected chi connectivity index (χ4v) is 4.66. The van der Waals surface area contributed by atoms with Crippen molar-refractivity contribution in [3.05, 3.63) is 30.4 Å². The van der Waals surface area contributed by atoms with Crippen molar-refractivity contribution < 1.29 is 4.79 Å². The number of thioether (sulfide) groups is 1. The van der Waals surface area contributed by atoms with E-state index in [9.17, 15) is 4.79 Å². The summed E-state index contributed by atoms with van der Waals surface area (Å²) in [6.07, 6.45) is 10.3. The zero-order valence-corrected chi connectivity index (χ0v) is 16.1. The second-order valence-electron chi connectivity index (χ2n) is 7.41. The summed E-state index contributed by atoms with van der Waals surface area (Å²) in [5, 5.41) is 8.81. The van der Waals surface area contributed by atoms with E-state index in [1.54, 1.807) is 24.3 Å². The molecular formula is C18H26N6OS. The third kappa shape index (κ3) is 4.11. The zero-order chi connectivity index (χ0) is 17.9. The van der Waals surface area contributed by atoms with Gasteiger partial charge in [-0.2, -0.15) is 11.8 Å². The van der Waals surface area contributed by atoms with E-state index in [1.807, 2.05) is 22.7 Å². The van der Waals surface area contributed by atoms with Crippen LogP contribution in [0.1, 0.15) is 43.3 Å². The molecule has 0 aromatic carbocycles. The van der Waals surface area contributed by atoms with Gasteiger partial charge >= 0.3 is 0 Å². The molecule has 140 valence electrons. The van der Waals surface area contributed by atoms with Gasteiger partial charge in [0.25, 0.3) is 0 Å². The summed E-state index contributed by atoms with van der Waals surface area (Å²) >= 11 is 1.80. The van der Waals surface area contributed by atoms with Crippen LogP contribution in [0.25, 0.3) is 0 Å². The number of amides is 1. The van der Waals surface area contributed by atoms with Gasteiger partial charge in [-0.3, -0.25) is 4.79 Å². The number of piperidine rings is 1. The Bertz CT molecular complexity index is 739. The molecule has 7 nitrogen and oxygen atoms in total. The summed E-state index contributed by atoms with van der Waals surface area (Å²) in [6.45, 7) is 2.30. The standard InChI is InChI=1S/C18H26N6OS/c1-22-16(10-23-8-6-19-13-23)20-21-18(22)15-3-2-7-24(9-15)17(25)12-26-11-14-4-5-14/h6,8,13-15H,2-5,7,9-12H2,1H3/t15-/m1/s1. The Morgan fingerprint density at radius 2 is 2.19 bits per heavy atom. The minimum absolute atomic E-state index is 0.273. The zero-order valence-electron chi connectivity index (χ0n) is 15.3. The van der Waals surface area contributed by atoms with Gasteiger partial charge in [0.15, 0.2) is 5.82 Å². The number of hydrogen-bond donors (Lipinski definition) is 0. The van der Waals surface area contributed by atoms with Crippen LogP contribution in [0.5, 0.6) is 0 Å². The highest BCUT2D eigenvalue weighted by Gasteiger charge is 2.29. The molecule has 0 unspecified atom stereocenters. The molecular weight excluding hydrogens is 348 g/mol. The molecule has 0 bridgehead atoms. The number of nitrogens with zero attached hydrogens (tertiary/aromatic N) is 6. The maximum absolute atomic E-state index is 12.5. The normalized spacial score (nSPS) is 20.5. The molecule has 4 rings (SSSR count). The molecule has 0 N–H and O–H groups in total. The SMILES string of the molecule is Cn1c(Cn2ccnc2)nnc1[C@@H]1CCCN(C(=O)CSCC2CC2)C1. The van der Waals surface area contributed by atoms with Crippen molar-refractivity contribution in [2.24, 2.45) is 13.0 Å². The van der Waals surface area contributed by atoms with Gasteiger partial charge in [0.2, 0.25) is 5.91 Å². The number of imidazole rings is 1. The highest BCUT2D eigenvalue weighted by Crippen LogP contribution is 2.32. The quantitative estimate of drug-likeness (QED) is 0.740.